The lowest BCUT2D eigenvalue weighted by Crippen LogP contribution is -2.11. The fourth-order valence-corrected chi connectivity index (χ4v) is 2.07. The maximum Gasteiger partial charge on any atom is 0.349 e. The Bertz CT molecular complexity index is 371. The molecule has 1 rings (SSSR count). The highest BCUT2D eigenvalue weighted by molar-refractivity contribution is 7.14. The van der Waals surface area contributed by atoms with Crippen LogP contribution in [0.25, 0.3) is 0 Å². The summed E-state index contributed by atoms with van der Waals surface area (Å²) in [7, 11) is 0. The van der Waals surface area contributed by atoms with Gasteiger partial charge in [-0.25, -0.2) is 4.79 Å². The molecule has 4 nitrogen and oxygen atoms in total. The van der Waals surface area contributed by atoms with E-state index in [1.54, 1.807) is 6.07 Å². The predicted molar refractivity (Wildman–Crippen MR) is 67.2 cm³/mol. The van der Waals surface area contributed by atoms with Crippen molar-refractivity contribution in [3.05, 3.63) is 15.8 Å². The van der Waals surface area contributed by atoms with Crippen molar-refractivity contribution in [1.29, 1.82) is 0 Å². The van der Waals surface area contributed by atoms with E-state index >= 15 is 0 Å². The summed E-state index contributed by atoms with van der Waals surface area (Å²) in [6, 6.07) is 1.75. The number of hydrogen-bond donors (Lipinski definition) is 1. The van der Waals surface area contributed by atoms with Crippen LogP contribution in [-0.2, 0) is 4.74 Å². The first-order chi connectivity index (χ1) is 8.00. The molecule has 0 aliphatic rings. The third kappa shape index (κ3) is 4.75. The van der Waals surface area contributed by atoms with Gasteiger partial charge in [0.05, 0.1) is 6.61 Å². The number of carboxylic acids is 1. The zero-order valence-corrected chi connectivity index (χ0v) is 11.2. The Kier molecular flexibility index (Phi) is 5.44. The Hall–Kier alpha value is -1.07. The van der Waals surface area contributed by atoms with Gasteiger partial charge in [0.15, 0.2) is 4.88 Å². The maximum absolute atomic E-state index is 10.9. The molecule has 0 radical (unpaired) electrons. The van der Waals surface area contributed by atoms with Crippen molar-refractivity contribution in [3.63, 3.8) is 0 Å². The van der Waals surface area contributed by atoms with Crippen molar-refractivity contribution in [3.8, 4) is 5.75 Å². The molecular formula is C12H18O4S. The highest BCUT2D eigenvalue weighted by atomic mass is 32.1. The normalized spacial score (nSPS) is 10.8. The summed E-state index contributed by atoms with van der Waals surface area (Å²) < 4.78 is 10.8. The van der Waals surface area contributed by atoms with Crippen molar-refractivity contribution in [2.45, 2.75) is 20.8 Å². The minimum Gasteiger partial charge on any atom is -0.489 e. The molecule has 0 bridgehead atoms. The summed E-state index contributed by atoms with van der Waals surface area (Å²) in [5, 5.41) is 8.95. The molecule has 0 fully saturated rings. The van der Waals surface area contributed by atoms with Crippen LogP contribution in [-0.4, -0.2) is 30.9 Å². The minimum atomic E-state index is -0.943. The van der Waals surface area contributed by atoms with Crippen molar-refractivity contribution < 1.29 is 19.4 Å². The lowest BCUT2D eigenvalue weighted by atomic mass is 10.2. The maximum atomic E-state index is 10.9. The molecule has 0 aliphatic carbocycles. The molecule has 1 N–H and O–H groups in total. The van der Waals surface area contributed by atoms with E-state index in [0.29, 0.717) is 31.5 Å². The molecule has 0 spiro atoms. The van der Waals surface area contributed by atoms with E-state index in [-0.39, 0.29) is 4.88 Å². The average Bonchev–Trinajstić information content (AvgIpc) is 2.59. The molecule has 0 saturated carbocycles. The van der Waals surface area contributed by atoms with E-state index < -0.39 is 5.97 Å². The molecule has 1 aromatic heterocycles. The largest absolute Gasteiger partial charge is 0.489 e. The van der Waals surface area contributed by atoms with Crippen LogP contribution in [0, 0.1) is 12.8 Å². The third-order valence-electron chi connectivity index (χ3n) is 1.95. The Morgan fingerprint density at radius 1 is 1.47 bits per heavy atom. The highest BCUT2D eigenvalue weighted by Gasteiger charge is 2.14. The molecular weight excluding hydrogens is 240 g/mol. The van der Waals surface area contributed by atoms with Crippen molar-refractivity contribution in [1.82, 2.24) is 0 Å². The van der Waals surface area contributed by atoms with E-state index in [0.717, 1.165) is 4.88 Å². The van der Waals surface area contributed by atoms with E-state index in [1.165, 1.54) is 11.3 Å². The van der Waals surface area contributed by atoms with Crippen molar-refractivity contribution >= 4 is 17.3 Å². The molecule has 1 heterocycles. The Morgan fingerprint density at radius 2 is 2.18 bits per heavy atom. The van der Waals surface area contributed by atoms with E-state index in [1.807, 2.05) is 6.92 Å². The zero-order valence-electron chi connectivity index (χ0n) is 10.4. The molecule has 5 heteroatoms. The number of aryl methyl sites for hydroxylation is 1. The zero-order chi connectivity index (χ0) is 12.8. The summed E-state index contributed by atoms with van der Waals surface area (Å²) in [4.78, 5) is 12.1. The van der Waals surface area contributed by atoms with Gasteiger partial charge in [-0.2, -0.15) is 0 Å². The van der Waals surface area contributed by atoms with Gasteiger partial charge in [-0.1, -0.05) is 13.8 Å². The van der Waals surface area contributed by atoms with Crippen LogP contribution in [0.1, 0.15) is 28.4 Å². The predicted octanol–water partition coefficient (Wildman–Crippen LogP) is 2.81. The number of carboxylic acid groups (broad SMARTS) is 1. The fourth-order valence-electron chi connectivity index (χ4n) is 1.28. The standard InChI is InChI=1S/C12H18O4S/c1-8(2)7-15-4-5-16-10-6-9(3)17-11(10)12(13)14/h6,8H,4-5,7H2,1-3H3,(H,13,14). The first-order valence-corrected chi connectivity index (χ1v) is 6.36. The van der Waals surface area contributed by atoms with Gasteiger partial charge in [0, 0.05) is 11.5 Å². The number of thiophene rings is 1. The monoisotopic (exact) mass is 258 g/mol. The van der Waals surface area contributed by atoms with Gasteiger partial charge < -0.3 is 14.6 Å². The quantitative estimate of drug-likeness (QED) is 0.764. The molecule has 0 aliphatic heterocycles. The van der Waals surface area contributed by atoms with E-state index in [2.05, 4.69) is 13.8 Å². The lowest BCUT2D eigenvalue weighted by Gasteiger charge is -2.08. The van der Waals surface area contributed by atoms with Gasteiger partial charge in [-0.3, -0.25) is 0 Å². The second-order valence-corrected chi connectivity index (χ2v) is 5.43. The Labute approximate surface area is 105 Å². The lowest BCUT2D eigenvalue weighted by molar-refractivity contribution is 0.0684. The summed E-state index contributed by atoms with van der Waals surface area (Å²) >= 11 is 1.23. The van der Waals surface area contributed by atoms with Crippen molar-refractivity contribution in [2.24, 2.45) is 5.92 Å². The SMILES string of the molecule is Cc1cc(OCCOCC(C)C)c(C(=O)O)s1. The van der Waals surface area contributed by atoms with Gasteiger partial charge in [-0.15, -0.1) is 11.3 Å². The summed E-state index contributed by atoms with van der Waals surface area (Å²) in [6.07, 6.45) is 0. The minimum absolute atomic E-state index is 0.256. The summed E-state index contributed by atoms with van der Waals surface area (Å²) in [5.74, 6) is -0.0117. The molecule has 0 aromatic carbocycles. The fraction of sp³-hybridized carbons (Fsp3) is 0.583. The van der Waals surface area contributed by atoms with Crippen LogP contribution in [0.4, 0.5) is 0 Å². The van der Waals surface area contributed by atoms with E-state index in [4.69, 9.17) is 14.6 Å². The van der Waals surface area contributed by atoms with Gasteiger partial charge in [0.1, 0.15) is 12.4 Å². The van der Waals surface area contributed by atoms with Crippen LogP contribution in [0.15, 0.2) is 6.07 Å². The summed E-state index contributed by atoms with van der Waals surface area (Å²) in [5.41, 5.74) is 0. The van der Waals surface area contributed by atoms with Gasteiger partial charge in [0.2, 0.25) is 0 Å². The molecule has 0 unspecified atom stereocenters. The van der Waals surface area contributed by atoms with E-state index in [9.17, 15) is 4.79 Å². The molecule has 1 aromatic rings. The number of rotatable bonds is 7. The molecule has 0 atom stereocenters. The number of aromatic carboxylic acids is 1. The smallest absolute Gasteiger partial charge is 0.349 e. The average molecular weight is 258 g/mol. The third-order valence-corrected chi connectivity index (χ3v) is 2.97. The molecule has 0 saturated heterocycles. The Morgan fingerprint density at radius 3 is 2.76 bits per heavy atom. The number of hydrogen-bond acceptors (Lipinski definition) is 4. The first kappa shape index (κ1) is 14.0. The Balaban J connectivity index is 2.38. The molecule has 96 valence electrons. The van der Waals surface area contributed by atoms with Gasteiger partial charge >= 0.3 is 5.97 Å². The number of ether oxygens (including phenoxy) is 2. The second-order valence-electron chi connectivity index (χ2n) is 4.17. The van der Waals surface area contributed by atoms with Crippen LogP contribution >= 0.6 is 11.3 Å². The van der Waals surface area contributed by atoms with Crippen LogP contribution in [0.2, 0.25) is 0 Å². The second kappa shape index (κ2) is 6.61. The van der Waals surface area contributed by atoms with Gasteiger partial charge in [-0.05, 0) is 18.9 Å². The van der Waals surface area contributed by atoms with Crippen LogP contribution in [0.3, 0.4) is 0 Å². The topological polar surface area (TPSA) is 55.8 Å². The van der Waals surface area contributed by atoms with Crippen molar-refractivity contribution in [2.75, 3.05) is 19.8 Å². The summed E-state index contributed by atoms with van der Waals surface area (Å²) in [6.45, 7) is 7.56. The first-order valence-electron chi connectivity index (χ1n) is 5.55. The molecule has 17 heavy (non-hydrogen) atoms. The number of carbonyl (C=O) groups is 1. The highest BCUT2D eigenvalue weighted by Crippen LogP contribution is 2.28. The van der Waals surface area contributed by atoms with Crippen LogP contribution in [0.5, 0.6) is 5.75 Å². The van der Waals surface area contributed by atoms with Gasteiger partial charge in [0.25, 0.3) is 0 Å². The molecule has 0 amide bonds. The van der Waals surface area contributed by atoms with Crippen LogP contribution < -0.4 is 4.74 Å².